The molecule has 0 bridgehead atoms. The summed E-state index contributed by atoms with van der Waals surface area (Å²) in [6, 6.07) is 19.0. The van der Waals surface area contributed by atoms with E-state index in [1.807, 2.05) is 6.07 Å². The van der Waals surface area contributed by atoms with Crippen molar-refractivity contribution >= 4 is 0 Å². The monoisotopic (exact) mass is 284 g/mol. The molecular weight excluding hydrogens is 260 g/mol. The van der Waals surface area contributed by atoms with Crippen LogP contribution in [0.2, 0.25) is 0 Å². The fraction of sp³-hybridized carbons (Fsp3) is 0.368. The molecule has 0 N–H and O–H groups in total. The van der Waals surface area contributed by atoms with Gasteiger partial charge in [0.1, 0.15) is 12.4 Å². The van der Waals surface area contributed by atoms with Gasteiger partial charge in [-0.1, -0.05) is 61.9 Å². The molecule has 0 saturated heterocycles. The minimum atomic E-state index is 0.384. The number of hydrogen-bond acceptors (Lipinski definition) is 2. The zero-order chi connectivity index (χ0) is 14.9. The molecule has 0 fully saturated rings. The first-order chi connectivity index (χ1) is 10.4. The molecule has 1 unspecified atom stereocenters. The van der Waals surface area contributed by atoms with Gasteiger partial charge in [-0.15, -0.1) is 0 Å². The second kappa shape index (κ2) is 8.48. The summed E-state index contributed by atoms with van der Waals surface area (Å²) in [6.45, 7) is 3.42. The Balaban J connectivity index is 2.27. The Bertz CT molecular complexity index is 522. The lowest BCUT2D eigenvalue weighted by Crippen LogP contribution is -2.08. The molecule has 112 valence electrons. The van der Waals surface area contributed by atoms with E-state index in [-0.39, 0.29) is 0 Å². The summed E-state index contributed by atoms with van der Waals surface area (Å²) < 4.78 is 11.0. The van der Waals surface area contributed by atoms with E-state index in [1.165, 1.54) is 11.1 Å². The average Bonchev–Trinajstić information content (AvgIpc) is 2.54. The van der Waals surface area contributed by atoms with Crippen LogP contribution in [0.15, 0.2) is 54.6 Å². The molecule has 2 nitrogen and oxygen atoms in total. The van der Waals surface area contributed by atoms with Crippen molar-refractivity contribution in [3.63, 3.8) is 0 Å². The Morgan fingerprint density at radius 3 is 2.33 bits per heavy atom. The number of ether oxygens (including phenoxy) is 2. The van der Waals surface area contributed by atoms with Crippen LogP contribution in [0.3, 0.4) is 0 Å². The van der Waals surface area contributed by atoms with E-state index >= 15 is 0 Å². The molecular formula is C19H24O2. The van der Waals surface area contributed by atoms with Crippen molar-refractivity contribution in [1.82, 2.24) is 0 Å². The van der Waals surface area contributed by atoms with E-state index < -0.39 is 0 Å². The van der Waals surface area contributed by atoms with Gasteiger partial charge in [0.25, 0.3) is 0 Å². The summed E-state index contributed by atoms with van der Waals surface area (Å²) in [6.07, 6.45) is 2.26. The lowest BCUT2D eigenvalue weighted by molar-refractivity contribution is 0.145. The van der Waals surface area contributed by atoms with Crippen molar-refractivity contribution < 1.29 is 9.47 Å². The summed E-state index contributed by atoms with van der Waals surface area (Å²) in [7, 11) is 1.69. The van der Waals surface area contributed by atoms with Gasteiger partial charge in [-0.3, -0.25) is 0 Å². The first-order valence-corrected chi connectivity index (χ1v) is 7.62. The number of para-hydroxylation sites is 1. The van der Waals surface area contributed by atoms with Crippen LogP contribution in [0.1, 0.15) is 36.8 Å². The minimum absolute atomic E-state index is 0.384. The average molecular weight is 284 g/mol. The molecule has 0 radical (unpaired) electrons. The maximum atomic E-state index is 5.90. The van der Waals surface area contributed by atoms with Crippen LogP contribution in [0.5, 0.6) is 5.75 Å². The molecule has 0 aliphatic carbocycles. The minimum Gasteiger partial charge on any atom is -0.491 e. The molecule has 0 spiro atoms. The lowest BCUT2D eigenvalue weighted by Gasteiger charge is -2.20. The number of hydrogen-bond donors (Lipinski definition) is 0. The van der Waals surface area contributed by atoms with Gasteiger partial charge in [-0.25, -0.2) is 0 Å². The fourth-order valence-corrected chi connectivity index (χ4v) is 2.61. The number of benzene rings is 2. The molecule has 1 atom stereocenters. The predicted molar refractivity (Wildman–Crippen MR) is 87.0 cm³/mol. The van der Waals surface area contributed by atoms with Crippen molar-refractivity contribution in [2.45, 2.75) is 25.7 Å². The van der Waals surface area contributed by atoms with Crippen LogP contribution in [-0.4, -0.2) is 20.3 Å². The maximum absolute atomic E-state index is 5.90. The smallest absolute Gasteiger partial charge is 0.123 e. The molecule has 0 aliphatic rings. The Labute approximate surface area is 127 Å². The van der Waals surface area contributed by atoms with Crippen LogP contribution in [0.4, 0.5) is 0 Å². The van der Waals surface area contributed by atoms with Crippen molar-refractivity contribution in [3.05, 3.63) is 65.7 Å². The number of methoxy groups -OCH3 is 1. The van der Waals surface area contributed by atoms with Gasteiger partial charge in [0, 0.05) is 18.6 Å². The molecule has 0 heterocycles. The van der Waals surface area contributed by atoms with Crippen LogP contribution in [-0.2, 0) is 4.74 Å². The first kappa shape index (κ1) is 15.6. The van der Waals surface area contributed by atoms with Gasteiger partial charge in [-0.05, 0) is 18.1 Å². The van der Waals surface area contributed by atoms with E-state index in [9.17, 15) is 0 Å². The third-order valence-electron chi connectivity index (χ3n) is 3.62. The van der Waals surface area contributed by atoms with Gasteiger partial charge in [0.2, 0.25) is 0 Å². The summed E-state index contributed by atoms with van der Waals surface area (Å²) in [5.41, 5.74) is 2.61. The quantitative estimate of drug-likeness (QED) is 0.657. The summed E-state index contributed by atoms with van der Waals surface area (Å²) >= 11 is 0. The standard InChI is InChI=1S/C19H24O2/c1-3-9-17(16-10-5-4-6-11-16)18-12-7-8-13-19(18)21-15-14-20-2/h4-8,10-13,17H,3,9,14-15H2,1-2H3. The molecule has 0 amide bonds. The first-order valence-electron chi connectivity index (χ1n) is 7.62. The van der Waals surface area contributed by atoms with Crippen molar-refractivity contribution in [1.29, 1.82) is 0 Å². The Morgan fingerprint density at radius 2 is 1.62 bits per heavy atom. The summed E-state index contributed by atoms with van der Waals surface area (Å²) in [5.74, 6) is 1.35. The second-order valence-corrected chi connectivity index (χ2v) is 5.13. The number of rotatable bonds is 8. The normalized spacial score (nSPS) is 12.1. The molecule has 21 heavy (non-hydrogen) atoms. The highest BCUT2D eigenvalue weighted by molar-refractivity contribution is 5.42. The Hall–Kier alpha value is -1.80. The highest BCUT2D eigenvalue weighted by Crippen LogP contribution is 2.35. The molecule has 0 aliphatic heterocycles. The second-order valence-electron chi connectivity index (χ2n) is 5.13. The highest BCUT2D eigenvalue weighted by atomic mass is 16.5. The zero-order valence-electron chi connectivity index (χ0n) is 12.9. The SMILES string of the molecule is CCCC(c1ccccc1)c1ccccc1OCCOC. The van der Waals surface area contributed by atoms with Gasteiger partial charge in [0.15, 0.2) is 0 Å². The highest BCUT2D eigenvalue weighted by Gasteiger charge is 2.17. The van der Waals surface area contributed by atoms with Gasteiger partial charge in [-0.2, -0.15) is 0 Å². The van der Waals surface area contributed by atoms with E-state index in [0.717, 1.165) is 18.6 Å². The van der Waals surface area contributed by atoms with Crippen LogP contribution < -0.4 is 4.74 Å². The Kier molecular flexibility index (Phi) is 6.29. The van der Waals surface area contributed by atoms with Gasteiger partial charge >= 0.3 is 0 Å². The van der Waals surface area contributed by atoms with Gasteiger partial charge < -0.3 is 9.47 Å². The molecule has 2 aromatic carbocycles. The molecule has 2 aromatic rings. The lowest BCUT2D eigenvalue weighted by atomic mass is 9.87. The van der Waals surface area contributed by atoms with Gasteiger partial charge in [0.05, 0.1) is 6.61 Å². The zero-order valence-corrected chi connectivity index (χ0v) is 12.9. The maximum Gasteiger partial charge on any atom is 0.123 e. The molecule has 0 saturated carbocycles. The largest absolute Gasteiger partial charge is 0.491 e. The Morgan fingerprint density at radius 1 is 0.905 bits per heavy atom. The van der Waals surface area contributed by atoms with Crippen molar-refractivity contribution in [2.75, 3.05) is 20.3 Å². The predicted octanol–water partition coefficient (Wildman–Crippen LogP) is 4.64. The van der Waals surface area contributed by atoms with E-state index in [0.29, 0.717) is 19.1 Å². The summed E-state index contributed by atoms with van der Waals surface area (Å²) in [5, 5.41) is 0. The molecule has 2 rings (SSSR count). The van der Waals surface area contributed by atoms with Crippen LogP contribution >= 0.6 is 0 Å². The molecule has 0 aromatic heterocycles. The van der Waals surface area contributed by atoms with E-state index in [4.69, 9.17) is 9.47 Å². The molecule has 2 heteroatoms. The van der Waals surface area contributed by atoms with Crippen molar-refractivity contribution in [3.8, 4) is 5.75 Å². The van der Waals surface area contributed by atoms with E-state index in [1.54, 1.807) is 7.11 Å². The van der Waals surface area contributed by atoms with Crippen LogP contribution in [0, 0.1) is 0 Å². The topological polar surface area (TPSA) is 18.5 Å². The van der Waals surface area contributed by atoms with Crippen LogP contribution in [0.25, 0.3) is 0 Å². The van der Waals surface area contributed by atoms with E-state index in [2.05, 4.69) is 55.5 Å². The third-order valence-corrected chi connectivity index (χ3v) is 3.62. The fourth-order valence-electron chi connectivity index (χ4n) is 2.61. The third kappa shape index (κ3) is 4.33. The summed E-state index contributed by atoms with van der Waals surface area (Å²) in [4.78, 5) is 0. The van der Waals surface area contributed by atoms with Crippen molar-refractivity contribution in [2.24, 2.45) is 0 Å².